The highest BCUT2D eigenvalue weighted by atomic mass is 32.1. The molecule has 1 amide bonds. The van der Waals surface area contributed by atoms with E-state index in [1.165, 1.54) is 4.88 Å². The summed E-state index contributed by atoms with van der Waals surface area (Å²) in [5, 5.41) is 6.02. The third-order valence-electron chi connectivity index (χ3n) is 2.37. The van der Waals surface area contributed by atoms with Crippen molar-refractivity contribution in [2.75, 3.05) is 19.6 Å². The van der Waals surface area contributed by atoms with E-state index in [1.807, 2.05) is 12.4 Å². The molecule has 1 heterocycles. The number of aromatic nitrogens is 1. The first-order valence-corrected chi connectivity index (χ1v) is 6.84. The van der Waals surface area contributed by atoms with Crippen LogP contribution in [0.2, 0.25) is 0 Å². The Morgan fingerprint density at radius 3 is 2.88 bits per heavy atom. The van der Waals surface area contributed by atoms with Crippen LogP contribution in [0.15, 0.2) is 5.51 Å². The van der Waals surface area contributed by atoms with Crippen LogP contribution in [-0.2, 0) is 11.2 Å². The molecule has 4 nitrogen and oxygen atoms in total. The first-order valence-electron chi connectivity index (χ1n) is 5.96. The highest BCUT2D eigenvalue weighted by Crippen LogP contribution is 2.11. The van der Waals surface area contributed by atoms with Crippen molar-refractivity contribution in [3.63, 3.8) is 0 Å². The predicted molar refractivity (Wildman–Crippen MR) is 71.3 cm³/mol. The maximum absolute atomic E-state index is 11.4. The normalized spacial score (nSPS) is 10.8. The monoisotopic (exact) mass is 255 g/mol. The molecule has 96 valence electrons. The minimum absolute atomic E-state index is 0.0692. The van der Waals surface area contributed by atoms with Gasteiger partial charge in [-0.05, 0) is 19.3 Å². The summed E-state index contributed by atoms with van der Waals surface area (Å²) in [6.45, 7) is 8.14. The average Bonchev–Trinajstić information content (AvgIpc) is 2.68. The number of nitrogens with zero attached hydrogens (tertiary/aromatic N) is 1. The summed E-state index contributed by atoms with van der Waals surface area (Å²) in [6.07, 6.45) is 0.938. The van der Waals surface area contributed by atoms with E-state index in [9.17, 15) is 4.79 Å². The number of rotatable bonds is 7. The van der Waals surface area contributed by atoms with Crippen LogP contribution in [0, 0.1) is 12.8 Å². The third-order valence-corrected chi connectivity index (χ3v) is 3.36. The smallest absolute Gasteiger partial charge is 0.233 e. The van der Waals surface area contributed by atoms with Gasteiger partial charge in [-0.25, -0.2) is 4.98 Å². The van der Waals surface area contributed by atoms with Crippen LogP contribution in [0.25, 0.3) is 0 Å². The van der Waals surface area contributed by atoms with E-state index in [2.05, 4.69) is 29.5 Å². The van der Waals surface area contributed by atoms with Gasteiger partial charge >= 0.3 is 0 Å². The Morgan fingerprint density at radius 1 is 1.53 bits per heavy atom. The predicted octanol–water partition coefficient (Wildman–Crippen LogP) is 1.36. The van der Waals surface area contributed by atoms with Crippen LogP contribution in [-0.4, -0.2) is 30.5 Å². The number of hydrogen-bond donors (Lipinski definition) is 2. The molecule has 0 bridgehead atoms. The van der Waals surface area contributed by atoms with Crippen molar-refractivity contribution in [2.45, 2.75) is 27.2 Å². The number of nitrogens with one attached hydrogen (secondary N) is 2. The molecule has 0 saturated heterocycles. The second kappa shape index (κ2) is 7.40. The van der Waals surface area contributed by atoms with E-state index >= 15 is 0 Å². The molecule has 1 rings (SSSR count). The van der Waals surface area contributed by atoms with Crippen molar-refractivity contribution in [1.29, 1.82) is 0 Å². The SMILES string of the molecule is Cc1ncsc1CCNCC(=O)NCC(C)C. The van der Waals surface area contributed by atoms with E-state index in [-0.39, 0.29) is 5.91 Å². The summed E-state index contributed by atoms with van der Waals surface area (Å²) >= 11 is 1.67. The van der Waals surface area contributed by atoms with E-state index in [4.69, 9.17) is 0 Å². The van der Waals surface area contributed by atoms with Crippen LogP contribution in [0.5, 0.6) is 0 Å². The van der Waals surface area contributed by atoms with Gasteiger partial charge in [0, 0.05) is 18.0 Å². The largest absolute Gasteiger partial charge is 0.355 e. The molecular formula is C12H21N3OS. The third kappa shape index (κ3) is 5.79. The van der Waals surface area contributed by atoms with Gasteiger partial charge in [0.1, 0.15) is 0 Å². The number of thiazole rings is 1. The quantitative estimate of drug-likeness (QED) is 0.723. The first-order chi connectivity index (χ1) is 8.09. The van der Waals surface area contributed by atoms with Gasteiger partial charge in [0.25, 0.3) is 0 Å². The molecule has 1 aromatic rings. The van der Waals surface area contributed by atoms with Crippen molar-refractivity contribution < 1.29 is 4.79 Å². The highest BCUT2D eigenvalue weighted by Gasteiger charge is 2.03. The molecule has 17 heavy (non-hydrogen) atoms. The van der Waals surface area contributed by atoms with E-state index < -0.39 is 0 Å². The maximum Gasteiger partial charge on any atom is 0.233 e. The highest BCUT2D eigenvalue weighted by molar-refractivity contribution is 7.09. The molecule has 0 aliphatic carbocycles. The van der Waals surface area contributed by atoms with Crippen molar-refractivity contribution in [3.8, 4) is 0 Å². The van der Waals surface area contributed by atoms with Gasteiger partial charge in [0.2, 0.25) is 5.91 Å². The number of carbonyl (C=O) groups excluding carboxylic acids is 1. The van der Waals surface area contributed by atoms with Crippen molar-refractivity contribution in [3.05, 3.63) is 16.1 Å². The molecule has 0 aromatic carbocycles. The number of amides is 1. The zero-order chi connectivity index (χ0) is 12.7. The number of carbonyl (C=O) groups is 1. The van der Waals surface area contributed by atoms with Gasteiger partial charge in [-0.15, -0.1) is 11.3 Å². The topological polar surface area (TPSA) is 54.0 Å². The van der Waals surface area contributed by atoms with Crippen LogP contribution in [0.1, 0.15) is 24.4 Å². The Labute approximate surface area is 107 Å². The second-order valence-electron chi connectivity index (χ2n) is 4.49. The Bertz CT molecular complexity index is 349. The lowest BCUT2D eigenvalue weighted by molar-refractivity contribution is -0.120. The molecular weight excluding hydrogens is 234 g/mol. The van der Waals surface area contributed by atoms with Crippen LogP contribution < -0.4 is 10.6 Å². The van der Waals surface area contributed by atoms with E-state index in [0.29, 0.717) is 12.5 Å². The van der Waals surface area contributed by atoms with E-state index in [1.54, 1.807) is 11.3 Å². The zero-order valence-electron chi connectivity index (χ0n) is 10.7. The van der Waals surface area contributed by atoms with Gasteiger partial charge in [0.15, 0.2) is 0 Å². The van der Waals surface area contributed by atoms with Crippen LogP contribution in [0.4, 0.5) is 0 Å². The molecule has 0 spiro atoms. The summed E-state index contributed by atoms with van der Waals surface area (Å²) in [5.41, 5.74) is 2.96. The maximum atomic E-state index is 11.4. The van der Waals surface area contributed by atoms with Crippen LogP contribution >= 0.6 is 11.3 Å². The van der Waals surface area contributed by atoms with E-state index in [0.717, 1.165) is 25.2 Å². The van der Waals surface area contributed by atoms with Gasteiger partial charge in [-0.2, -0.15) is 0 Å². The second-order valence-corrected chi connectivity index (χ2v) is 5.42. The van der Waals surface area contributed by atoms with Crippen molar-refractivity contribution in [2.24, 2.45) is 5.92 Å². The Kier molecular flexibility index (Phi) is 6.15. The lowest BCUT2D eigenvalue weighted by Crippen LogP contribution is -2.36. The Hall–Kier alpha value is -0.940. The summed E-state index contributed by atoms with van der Waals surface area (Å²) in [6, 6.07) is 0. The molecule has 2 N–H and O–H groups in total. The summed E-state index contributed by atoms with van der Waals surface area (Å²) in [5.74, 6) is 0.568. The standard InChI is InChI=1S/C12H21N3OS/c1-9(2)6-14-12(16)7-13-5-4-11-10(3)15-8-17-11/h8-9,13H,4-7H2,1-3H3,(H,14,16). The van der Waals surface area contributed by atoms with Gasteiger partial charge in [-0.1, -0.05) is 13.8 Å². The number of hydrogen-bond acceptors (Lipinski definition) is 4. The number of aryl methyl sites for hydroxylation is 1. The summed E-state index contributed by atoms with van der Waals surface area (Å²) in [4.78, 5) is 16.9. The molecule has 5 heteroatoms. The van der Waals surface area contributed by atoms with Crippen molar-refractivity contribution in [1.82, 2.24) is 15.6 Å². The van der Waals surface area contributed by atoms with Gasteiger partial charge < -0.3 is 10.6 Å². The molecule has 0 radical (unpaired) electrons. The lowest BCUT2D eigenvalue weighted by Gasteiger charge is -2.08. The molecule has 0 aliphatic rings. The zero-order valence-corrected chi connectivity index (χ0v) is 11.6. The molecule has 0 fully saturated rings. The van der Waals surface area contributed by atoms with Gasteiger partial charge in [0.05, 0.1) is 17.7 Å². The summed E-state index contributed by atoms with van der Waals surface area (Å²) < 4.78 is 0. The Morgan fingerprint density at radius 2 is 2.29 bits per heavy atom. The molecule has 0 saturated carbocycles. The summed E-state index contributed by atoms with van der Waals surface area (Å²) in [7, 11) is 0. The molecule has 1 aromatic heterocycles. The molecule has 0 atom stereocenters. The average molecular weight is 255 g/mol. The van der Waals surface area contributed by atoms with Crippen LogP contribution in [0.3, 0.4) is 0 Å². The lowest BCUT2D eigenvalue weighted by atomic mass is 10.2. The minimum atomic E-state index is 0.0692. The fraction of sp³-hybridized carbons (Fsp3) is 0.667. The minimum Gasteiger partial charge on any atom is -0.355 e. The first kappa shape index (κ1) is 14.1. The fourth-order valence-electron chi connectivity index (χ4n) is 1.35. The molecule has 0 aliphatic heterocycles. The van der Waals surface area contributed by atoms with Gasteiger partial charge in [-0.3, -0.25) is 4.79 Å². The van der Waals surface area contributed by atoms with Crippen molar-refractivity contribution >= 4 is 17.2 Å². The molecule has 0 unspecified atom stereocenters. The Balaban J connectivity index is 2.08. The fourth-order valence-corrected chi connectivity index (χ4v) is 2.13.